The first-order chi connectivity index (χ1) is 2.00. The van der Waals surface area contributed by atoms with Gasteiger partial charge in [0, 0.05) is 253 Å². The predicted octanol–water partition coefficient (Wildman–Crippen LogP) is 36.8. The first kappa shape index (κ1) is 5120. The Morgan fingerprint density at radius 1 is 0.104 bits per heavy atom. The Morgan fingerprint density at radius 2 is 0.104 bits per heavy atom. The van der Waals surface area contributed by atoms with E-state index >= 15 is 0 Å². The summed E-state index contributed by atoms with van der Waals surface area (Å²) in [6.45, 7) is 0. The summed E-state index contributed by atoms with van der Waals surface area (Å²) in [6.07, 6.45) is 0. The Hall–Kier alpha value is 23.4. The van der Waals surface area contributed by atoms with Crippen LogP contribution in [0.2, 0.25) is 0 Å². The molecule has 0 aromatic rings. The van der Waals surface area contributed by atoms with E-state index in [-0.39, 0.29) is 1430 Å². The Balaban J connectivity index is -0.00000000000969. The van der Waals surface area contributed by atoms with E-state index in [4.69, 9.17) is 17.5 Å². The average Bonchev–Trinajstić information content (AvgIpc) is 0.722. The molecule has 40 heteroatoms. The van der Waals surface area contributed by atoms with Crippen LogP contribution in [-0.4, -0.2) is 497 Å². The van der Waals surface area contributed by atoms with Crippen molar-refractivity contribution in [1.82, 2.24) is 0 Å². The molecule has 0 bridgehead atoms. The molecule has 15 radical (unpaired) electrons. The fourth-order valence-electron chi connectivity index (χ4n) is 0. The number of hydrogen-bond acceptors (Lipinski definition) is 2. The second-order valence-electron chi connectivity index (χ2n) is 0.448. The van der Waals surface area contributed by atoms with Crippen molar-refractivity contribution in [2.75, 3.05) is 0 Å². The molecule has 4 nitrogen and oxygen atoms in total. The van der Waals surface area contributed by atoms with Crippen molar-refractivity contribution < 1.29 is 271 Å². The van der Waals surface area contributed by atoms with Crippen molar-refractivity contribution in [3.05, 3.63) is 0 Å². The summed E-state index contributed by atoms with van der Waals surface area (Å²) < 4.78 is 31.6. The van der Waals surface area contributed by atoms with E-state index in [0.717, 1.165) is 0 Å². The molecule has 1079 valence electrons. The average molecular weight is 5620 g/mol. The topological polar surface area (TPSA) is 74.6 Å². The Bertz CT molecular complexity index is 325. The van der Waals surface area contributed by atoms with Crippen molar-refractivity contribution in [3.63, 3.8) is 0 Å². The van der Waals surface area contributed by atoms with Crippen LogP contribution in [0.5, 0.6) is 0 Å². The summed E-state index contributed by atoms with van der Waals surface area (Å²) in [4.78, 5) is 0. The van der Waals surface area contributed by atoms with Crippen LogP contribution in [0.25, 0.3) is 0 Å². The summed E-state index contributed by atoms with van der Waals surface area (Å²) in [7, 11) is -4.67. The van der Waals surface area contributed by atoms with Gasteiger partial charge in [0.1, 0.15) is 0 Å². The summed E-state index contributed by atoms with van der Waals surface area (Å²) >= 11 is 0. The first-order valence-electron chi connectivity index (χ1n) is 0.698. The fourth-order valence-corrected chi connectivity index (χ4v) is 0. The summed E-state index contributed by atoms with van der Waals surface area (Å²) in [5.74, 6) is 0. The van der Waals surface area contributed by atoms with Crippen molar-refractivity contribution in [2.45, 2.75) is 698 Å². The molecule has 134 heavy (non-hydrogen) atoms. The molecule has 0 saturated carbocycles. The van der Waals surface area contributed by atoms with Crippen LogP contribution < -0.4 is 0 Å². The van der Waals surface area contributed by atoms with Crippen LogP contribution >= 0.6 is 0 Å². The third kappa shape index (κ3) is 6750. The zero-order chi connectivity index (χ0) is 4.50. The van der Waals surface area contributed by atoms with Crippen LogP contribution in [-0.2, 0) is 264 Å². The zero-order valence-electron chi connectivity index (χ0n) is 21.1. The molecule has 0 heterocycles. The molecule has 0 aliphatic rings. The van der Waals surface area contributed by atoms with E-state index in [9.17, 15) is 0 Å². The first-order valence-corrected chi connectivity index (χ1v) is 2.10. The van der Waals surface area contributed by atoms with Gasteiger partial charge in [-0.05, 0) is 0 Å². The Morgan fingerprint density at radius 3 is 0.104 bits per heavy atom. The molecule has 0 aliphatic heterocycles. The van der Waals surface area contributed by atoms with Crippen molar-refractivity contribution >= 4 is 490 Å². The van der Waals surface area contributed by atoms with Gasteiger partial charge >= 0.3 is 490 Å². The molecule has 0 rings (SSSR count). The normalized spacial score (nSPS) is 0.433. The number of hydrogen-bond donors (Lipinski definition) is 2. The molecular formula is C94H433As5Bi5Cu5Fe5Ni5O4Pb5SSb5. The maximum absolute atomic E-state index is 8.74. The fraction of sp³-hybridized carbons (Fsp3) is 1.00. The van der Waals surface area contributed by atoms with Crippen LogP contribution in [0.15, 0.2) is 0 Å². The quantitative estimate of drug-likeness (QED) is 0.187. The van der Waals surface area contributed by atoms with Crippen molar-refractivity contribution in [1.29, 1.82) is 0 Å². The third-order valence-electron chi connectivity index (χ3n) is 0. The standard InChI is InChI=1S/94CH4.5AsH3.5Bi.5Cu.5Fe.5Ni.H2O4S.5Pb.5Sb.40H/c;;;;;;;;;;;;;;;;;;;;;;;;;;;;;;;;;;;;;;;;;;;;;;;;;;;;;;;;;;;;;;;;;;;;;;;;;;;;;;;;;;;;;;;;;;;;;;;;;;;;;;;;;;;;;;;;;;;;;;;1-5(2,3)4;;;;;;;;;;;;;;;;;;;;;;;;;;;;;;;;;;;;;;;;;;;;;;;;;;/h94*1H4;5*1H3;;;;;;;;;;;;;;;;;;;;;(H2,1,2,3,4);;;;;;;;;;;;;;;;;;;;;;;;;;;;;;;;;;;;;;;;;;;;;;;;;;. The third-order valence-corrected chi connectivity index (χ3v) is 0. The van der Waals surface area contributed by atoms with Crippen LogP contribution in [0, 0.1) is 0 Å². The molecule has 0 aromatic heterocycles. The molecule has 2 N–H and O–H groups in total. The van der Waals surface area contributed by atoms with E-state index in [1.807, 2.05) is 0 Å². The van der Waals surface area contributed by atoms with E-state index in [1.165, 1.54) is 0 Å². The summed E-state index contributed by atoms with van der Waals surface area (Å²) in [5, 5.41) is 0. The SMILES string of the molecule is C.C.C.C.C.C.C.C.C.C.C.C.C.C.C.C.C.C.C.C.C.C.C.C.C.C.C.C.C.C.C.C.C.C.C.C.C.C.C.C.C.C.C.C.C.C.C.C.C.C.C.C.C.C.C.C.C.C.C.C.C.C.C.C.C.C.C.C.C.C.C.C.C.C.C.C.C.C.C.C.C.C.C.C.C.C.C.C.C.C.C.C.C.C.O=S(=O)(O)O.[AsH3].[AsH3].[AsH3].[AsH3].[AsH3].[BiH3].[BiH3].[BiH3].[BiH3].[BiH3].[Cu].[Cu].[Cu].[Cu].[Cu].[Fe].[Fe].[Fe].[Fe].[Fe].[Ni].[Ni].[Ni].[Ni].[Ni].[PbH2].[PbH2].[PbH2].[PbH2].[PbH2].[SbH3].[SbH3].[SbH3].[SbH3].[SbH3]. The van der Waals surface area contributed by atoms with E-state index < -0.39 is 10.4 Å². The van der Waals surface area contributed by atoms with E-state index in [1.54, 1.807) is 0 Å². The monoisotopic (exact) mass is 5610 g/mol. The van der Waals surface area contributed by atoms with Gasteiger partial charge in [-0.15, -0.1) is 0 Å². The van der Waals surface area contributed by atoms with Crippen molar-refractivity contribution in [3.8, 4) is 0 Å². The van der Waals surface area contributed by atoms with Gasteiger partial charge in [0.25, 0.3) is 0 Å². The molecule has 0 aliphatic carbocycles. The molecule has 0 amide bonds. The molecule has 5 atom stereocenters. The van der Waals surface area contributed by atoms with Crippen molar-refractivity contribution in [2.24, 2.45) is 0 Å². The minimum atomic E-state index is -4.67. The van der Waals surface area contributed by atoms with E-state index in [0.29, 0.717) is 0 Å². The zero-order valence-corrected chi connectivity index (χ0v) is 127. The molecule has 5 unspecified atom stereocenters. The summed E-state index contributed by atoms with van der Waals surface area (Å²) in [5.41, 5.74) is 0. The molecular weight excluding hydrogens is 5180 g/mol. The van der Waals surface area contributed by atoms with Crippen LogP contribution in [0.3, 0.4) is 0 Å². The molecule has 0 spiro atoms. The van der Waals surface area contributed by atoms with Crippen LogP contribution in [0.4, 0.5) is 0 Å². The van der Waals surface area contributed by atoms with Gasteiger partial charge in [0.05, 0.1) is 0 Å². The maximum atomic E-state index is 8.74. The Labute approximate surface area is 1430 Å². The van der Waals surface area contributed by atoms with Gasteiger partial charge in [-0.2, -0.15) is 8.42 Å². The van der Waals surface area contributed by atoms with Gasteiger partial charge < -0.3 is 0 Å². The van der Waals surface area contributed by atoms with Gasteiger partial charge in [0.2, 0.25) is 0 Å². The van der Waals surface area contributed by atoms with Gasteiger partial charge in [-0.1, -0.05) is 698 Å². The van der Waals surface area contributed by atoms with Gasteiger partial charge in [0.15, 0.2) is 0 Å². The number of rotatable bonds is 0. The molecule has 0 fully saturated rings. The van der Waals surface area contributed by atoms with E-state index in [2.05, 4.69) is 0 Å². The van der Waals surface area contributed by atoms with Gasteiger partial charge in [-0.3, -0.25) is 9.11 Å². The molecule has 0 aromatic carbocycles. The predicted molar refractivity (Wildman–Crippen MR) is 839 cm³/mol. The van der Waals surface area contributed by atoms with Crippen LogP contribution in [0.1, 0.15) is 698 Å². The van der Waals surface area contributed by atoms with Gasteiger partial charge in [-0.25, -0.2) is 0 Å². The second-order valence-corrected chi connectivity index (χ2v) is 1.34. The molecule has 0 saturated heterocycles. The Kier molecular flexibility index (Phi) is 167000. The summed E-state index contributed by atoms with van der Waals surface area (Å²) in [6, 6.07) is 0. The second kappa shape index (κ2) is 4360. The minimum absolute atomic E-state index is 0.